The molecule has 3 heterocycles. The Bertz CT molecular complexity index is 735. The average Bonchev–Trinajstić information content (AvgIpc) is 2.99. The first-order valence-electron chi connectivity index (χ1n) is 8.66. The van der Waals surface area contributed by atoms with Crippen LogP contribution in [0.3, 0.4) is 0 Å². The molecule has 2 aliphatic rings. The van der Waals surface area contributed by atoms with Gasteiger partial charge in [0.15, 0.2) is 9.84 Å². The Labute approximate surface area is 148 Å². The van der Waals surface area contributed by atoms with Crippen molar-refractivity contribution < 1.29 is 17.9 Å². The highest BCUT2D eigenvalue weighted by Crippen LogP contribution is 2.27. The van der Waals surface area contributed by atoms with Gasteiger partial charge in [-0.3, -0.25) is 9.69 Å². The fourth-order valence-corrected chi connectivity index (χ4v) is 5.35. The van der Waals surface area contributed by atoms with Crippen LogP contribution in [0.15, 0.2) is 6.07 Å². The first-order chi connectivity index (χ1) is 11.7. The van der Waals surface area contributed by atoms with Gasteiger partial charge in [0.2, 0.25) is 5.91 Å². The second-order valence-electron chi connectivity index (χ2n) is 7.17. The molecule has 1 N–H and O–H groups in total. The highest BCUT2D eigenvalue weighted by Gasteiger charge is 2.31. The minimum atomic E-state index is -3.01. The molecule has 0 aliphatic carbocycles. The molecule has 0 spiro atoms. The molecule has 140 valence electrons. The number of carbonyl (C=O) groups is 1. The van der Waals surface area contributed by atoms with Gasteiger partial charge in [0, 0.05) is 19.2 Å². The Morgan fingerprint density at radius 1 is 1.36 bits per heavy atom. The van der Waals surface area contributed by atoms with Crippen LogP contribution >= 0.6 is 0 Å². The lowest BCUT2D eigenvalue weighted by molar-refractivity contribution is -0.121. The number of carbonyl (C=O) groups excluding carboxylic acids is 1. The zero-order valence-electron chi connectivity index (χ0n) is 14.9. The quantitative estimate of drug-likeness (QED) is 0.834. The number of nitrogens with zero attached hydrogens (tertiary/aromatic N) is 3. The van der Waals surface area contributed by atoms with Gasteiger partial charge in [0.1, 0.15) is 5.82 Å². The summed E-state index contributed by atoms with van der Waals surface area (Å²) < 4.78 is 30.8. The lowest BCUT2D eigenvalue weighted by Crippen LogP contribution is -2.48. The van der Waals surface area contributed by atoms with Crippen LogP contribution in [0.25, 0.3) is 0 Å². The van der Waals surface area contributed by atoms with Crippen LogP contribution in [0.5, 0.6) is 0 Å². The molecular weight excluding hydrogens is 344 g/mol. The summed E-state index contributed by atoms with van der Waals surface area (Å²) in [4.78, 5) is 14.5. The van der Waals surface area contributed by atoms with E-state index in [0.717, 1.165) is 18.8 Å². The number of sulfone groups is 1. The van der Waals surface area contributed by atoms with Gasteiger partial charge in [0.25, 0.3) is 0 Å². The topological polar surface area (TPSA) is 93.5 Å². The van der Waals surface area contributed by atoms with E-state index in [4.69, 9.17) is 4.74 Å². The van der Waals surface area contributed by atoms with Gasteiger partial charge in [-0.2, -0.15) is 5.10 Å². The molecule has 3 rings (SSSR count). The minimum Gasteiger partial charge on any atom is -0.373 e. The van der Waals surface area contributed by atoms with E-state index in [-0.39, 0.29) is 42.2 Å². The van der Waals surface area contributed by atoms with E-state index in [0.29, 0.717) is 12.2 Å². The lowest BCUT2D eigenvalue weighted by Gasteiger charge is -2.34. The number of anilines is 1. The highest BCUT2D eigenvalue weighted by atomic mass is 32.2. The molecule has 0 aromatic carbocycles. The van der Waals surface area contributed by atoms with E-state index in [9.17, 15) is 13.2 Å². The smallest absolute Gasteiger partial charge is 0.239 e. The number of hydrogen-bond acceptors (Lipinski definition) is 6. The van der Waals surface area contributed by atoms with Crippen LogP contribution in [-0.4, -0.2) is 72.4 Å². The van der Waals surface area contributed by atoms with E-state index in [1.807, 2.05) is 20.8 Å². The SMILES string of the molecule is Cc1cc(NC(=O)CN2C[C@@H](C)O[C@@H](C)C2)n([C@H]2CCS(=O)(=O)C2)n1. The van der Waals surface area contributed by atoms with Crippen molar-refractivity contribution in [2.45, 2.75) is 45.4 Å². The third-order valence-electron chi connectivity index (χ3n) is 4.54. The zero-order chi connectivity index (χ0) is 18.2. The first kappa shape index (κ1) is 18.3. The van der Waals surface area contributed by atoms with Crippen LogP contribution in [0, 0.1) is 6.92 Å². The monoisotopic (exact) mass is 370 g/mol. The molecule has 0 radical (unpaired) electrons. The Morgan fingerprint density at radius 2 is 2.04 bits per heavy atom. The molecule has 0 bridgehead atoms. The van der Waals surface area contributed by atoms with Gasteiger partial charge >= 0.3 is 0 Å². The van der Waals surface area contributed by atoms with Crippen molar-refractivity contribution in [3.05, 3.63) is 11.8 Å². The van der Waals surface area contributed by atoms with Crippen LogP contribution in [0.1, 0.15) is 32.0 Å². The normalized spacial score (nSPS) is 29.6. The maximum absolute atomic E-state index is 12.4. The standard InChI is InChI=1S/C16H26N4O4S/c1-11-6-15(20(18-11)14-4-5-25(22,23)10-14)17-16(21)9-19-7-12(2)24-13(3)8-19/h6,12-14H,4-5,7-10H2,1-3H3,(H,17,21)/t12-,13+,14-/m0/s1. The van der Waals surface area contributed by atoms with E-state index in [2.05, 4.69) is 15.3 Å². The number of aromatic nitrogens is 2. The fourth-order valence-electron chi connectivity index (χ4n) is 3.66. The largest absolute Gasteiger partial charge is 0.373 e. The van der Waals surface area contributed by atoms with Crippen LogP contribution in [0.4, 0.5) is 5.82 Å². The summed E-state index contributed by atoms with van der Waals surface area (Å²) in [5, 5.41) is 7.28. The molecule has 2 aliphatic heterocycles. The number of morpholine rings is 1. The van der Waals surface area contributed by atoms with Gasteiger partial charge in [0.05, 0.1) is 42.0 Å². The van der Waals surface area contributed by atoms with Gasteiger partial charge in [-0.25, -0.2) is 13.1 Å². The third kappa shape index (κ3) is 4.59. The molecule has 3 atom stereocenters. The summed E-state index contributed by atoms with van der Waals surface area (Å²) in [5.74, 6) is 0.700. The summed E-state index contributed by atoms with van der Waals surface area (Å²) in [5.41, 5.74) is 0.758. The van der Waals surface area contributed by atoms with Crippen molar-refractivity contribution in [2.75, 3.05) is 36.5 Å². The Balaban J connectivity index is 1.65. The van der Waals surface area contributed by atoms with Gasteiger partial charge in [-0.05, 0) is 27.2 Å². The number of aryl methyl sites for hydroxylation is 1. The van der Waals surface area contributed by atoms with Crippen molar-refractivity contribution in [3.63, 3.8) is 0 Å². The Morgan fingerprint density at radius 3 is 2.64 bits per heavy atom. The van der Waals surface area contributed by atoms with E-state index < -0.39 is 9.84 Å². The van der Waals surface area contributed by atoms with Crippen molar-refractivity contribution in [3.8, 4) is 0 Å². The highest BCUT2D eigenvalue weighted by molar-refractivity contribution is 7.91. The number of nitrogens with one attached hydrogen (secondary N) is 1. The van der Waals surface area contributed by atoms with Crippen LogP contribution in [0.2, 0.25) is 0 Å². The molecular formula is C16H26N4O4S. The van der Waals surface area contributed by atoms with E-state index in [1.165, 1.54) is 0 Å². The van der Waals surface area contributed by atoms with Gasteiger partial charge in [-0.1, -0.05) is 0 Å². The Kier molecular flexibility index (Phi) is 5.17. The molecule has 0 saturated carbocycles. The van der Waals surface area contributed by atoms with Crippen molar-refractivity contribution >= 4 is 21.6 Å². The molecule has 0 unspecified atom stereocenters. The van der Waals surface area contributed by atoms with Crippen molar-refractivity contribution in [1.82, 2.24) is 14.7 Å². The molecule has 9 heteroatoms. The molecule has 1 aromatic rings. The predicted octanol–water partition coefficient (Wildman–Crippen LogP) is 0.599. The summed E-state index contributed by atoms with van der Waals surface area (Å²) in [6.45, 7) is 7.55. The molecule has 8 nitrogen and oxygen atoms in total. The van der Waals surface area contributed by atoms with Crippen molar-refractivity contribution in [1.29, 1.82) is 0 Å². The number of ether oxygens (including phenoxy) is 1. The molecule has 25 heavy (non-hydrogen) atoms. The molecule has 2 saturated heterocycles. The van der Waals surface area contributed by atoms with E-state index >= 15 is 0 Å². The van der Waals surface area contributed by atoms with Gasteiger partial charge in [-0.15, -0.1) is 0 Å². The zero-order valence-corrected chi connectivity index (χ0v) is 15.8. The molecule has 1 aromatic heterocycles. The van der Waals surface area contributed by atoms with Crippen LogP contribution in [-0.2, 0) is 19.4 Å². The second kappa shape index (κ2) is 7.05. The second-order valence-corrected chi connectivity index (χ2v) is 9.40. The Hall–Kier alpha value is -1.45. The number of hydrogen-bond donors (Lipinski definition) is 1. The number of rotatable bonds is 4. The minimum absolute atomic E-state index is 0.0789. The predicted molar refractivity (Wildman–Crippen MR) is 94.4 cm³/mol. The van der Waals surface area contributed by atoms with Crippen LogP contribution < -0.4 is 5.32 Å². The fraction of sp³-hybridized carbons (Fsp3) is 0.750. The van der Waals surface area contributed by atoms with Crippen molar-refractivity contribution in [2.24, 2.45) is 0 Å². The first-order valence-corrected chi connectivity index (χ1v) is 10.5. The summed E-state index contributed by atoms with van der Waals surface area (Å²) in [6, 6.07) is 1.57. The third-order valence-corrected chi connectivity index (χ3v) is 6.29. The number of amides is 1. The lowest BCUT2D eigenvalue weighted by atomic mass is 10.2. The molecule has 2 fully saturated rings. The summed E-state index contributed by atoms with van der Waals surface area (Å²) in [7, 11) is -3.01. The summed E-state index contributed by atoms with van der Waals surface area (Å²) >= 11 is 0. The molecule has 1 amide bonds. The average molecular weight is 370 g/mol. The summed E-state index contributed by atoms with van der Waals surface area (Å²) in [6.07, 6.45) is 0.742. The maximum Gasteiger partial charge on any atom is 0.239 e. The van der Waals surface area contributed by atoms with E-state index in [1.54, 1.807) is 10.7 Å². The van der Waals surface area contributed by atoms with Gasteiger partial charge < -0.3 is 10.1 Å². The maximum atomic E-state index is 12.4.